The standard InChI is InChI=1S/C14H10ClNO2S2/c1-18-13(17)12-11(8-4-3-5-9(15)6-8)10(7-16)14(19-2)20-12/h3-6H,1-2H3. The molecule has 102 valence electrons. The van der Waals surface area contributed by atoms with Gasteiger partial charge in [0.15, 0.2) is 0 Å². The van der Waals surface area contributed by atoms with Gasteiger partial charge in [-0.15, -0.1) is 23.1 Å². The summed E-state index contributed by atoms with van der Waals surface area (Å²) in [4.78, 5) is 12.4. The molecule has 1 heterocycles. The molecule has 0 aliphatic heterocycles. The summed E-state index contributed by atoms with van der Waals surface area (Å²) in [5, 5.41) is 9.94. The first-order valence-corrected chi connectivity index (χ1v) is 7.99. The van der Waals surface area contributed by atoms with Gasteiger partial charge in [0, 0.05) is 10.6 Å². The van der Waals surface area contributed by atoms with Crippen LogP contribution in [0.4, 0.5) is 0 Å². The molecule has 0 N–H and O–H groups in total. The van der Waals surface area contributed by atoms with Crippen LogP contribution in [0.15, 0.2) is 28.5 Å². The number of hydrogen-bond donors (Lipinski definition) is 0. The van der Waals surface area contributed by atoms with Gasteiger partial charge in [-0.2, -0.15) is 5.26 Å². The van der Waals surface area contributed by atoms with Gasteiger partial charge < -0.3 is 4.74 Å². The molecule has 0 fully saturated rings. The number of carbonyl (C=O) groups is 1. The number of thiophene rings is 1. The van der Waals surface area contributed by atoms with Crippen LogP contribution in [0, 0.1) is 11.3 Å². The fourth-order valence-electron chi connectivity index (χ4n) is 1.81. The molecule has 1 aromatic carbocycles. The summed E-state index contributed by atoms with van der Waals surface area (Å²) in [5.41, 5.74) is 1.83. The Hall–Kier alpha value is -1.48. The molecular formula is C14H10ClNO2S2. The Bertz CT molecular complexity index is 704. The molecule has 0 aliphatic rings. The maximum atomic E-state index is 11.9. The number of ether oxygens (including phenoxy) is 1. The first-order chi connectivity index (χ1) is 9.62. The Kier molecular flexibility index (Phi) is 4.71. The van der Waals surface area contributed by atoms with E-state index >= 15 is 0 Å². The summed E-state index contributed by atoms with van der Waals surface area (Å²) in [6, 6.07) is 9.27. The molecule has 1 aromatic heterocycles. The lowest BCUT2D eigenvalue weighted by molar-refractivity contribution is 0.0607. The van der Waals surface area contributed by atoms with Crippen molar-refractivity contribution in [1.29, 1.82) is 5.26 Å². The smallest absolute Gasteiger partial charge is 0.348 e. The second-order valence-electron chi connectivity index (χ2n) is 3.79. The number of nitrogens with zero attached hydrogens (tertiary/aromatic N) is 1. The molecule has 20 heavy (non-hydrogen) atoms. The number of halogens is 1. The number of methoxy groups -OCH3 is 1. The summed E-state index contributed by atoms with van der Waals surface area (Å²) in [7, 11) is 1.33. The quantitative estimate of drug-likeness (QED) is 0.618. The van der Waals surface area contributed by atoms with Gasteiger partial charge in [-0.05, 0) is 24.0 Å². The van der Waals surface area contributed by atoms with Crippen LogP contribution in [-0.2, 0) is 4.74 Å². The highest BCUT2D eigenvalue weighted by Crippen LogP contribution is 2.41. The second-order valence-corrected chi connectivity index (χ2v) is 6.32. The van der Waals surface area contributed by atoms with Crippen LogP contribution in [-0.4, -0.2) is 19.3 Å². The minimum Gasteiger partial charge on any atom is -0.465 e. The molecule has 0 saturated carbocycles. The molecule has 0 spiro atoms. The Balaban J connectivity index is 2.75. The molecular weight excluding hydrogens is 314 g/mol. The minimum absolute atomic E-state index is 0.427. The van der Waals surface area contributed by atoms with Gasteiger partial charge in [-0.25, -0.2) is 4.79 Å². The van der Waals surface area contributed by atoms with Gasteiger partial charge in [0.2, 0.25) is 0 Å². The van der Waals surface area contributed by atoms with Crippen LogP contribution in [0.1, 0.15) is 15.2 Å². The van der Waals surface area contributed by atoms with Crippen molar-refractivity contribution in [2.75, 3.05) is 13.4 Å². The van der Waals surface area contributed by atoms with Crippen molar-refractivity contribution < 1.29 is 9.53 Å². The van der Waals surface area contributed by atoms with Gasteiger partial charge in [0.25, 0.3) is 0 Å². The van der Waals surface area contributed by atoms with Crippen LogP contribution in [0.5, 0.6) is 0 Å². The maximum absolute atomic E-state index is 11.9. The molecule has 0 atom stereocenters. The molecule has 2 rings (SSSR count). The minimum atomic E-state index is -0.443. The predicted molar refractivity (Wildman–Crippen MR) is 82.6 cm³/mol. The molecule has 3 nitrogen and oxygen atoms in total. The summed E-state index contributed by atoms with van der Waals surface area (Å²) in [6.45, 7) is 0. The Morgan fingerprint density at radius 2 is 2.25 bits per heavy atom. The fraction of sp³-hybridized carbons (Fsp3) is 0.143. The number of esters is 1. The number of rotatable bonds is 3. The van der Waals surface area contributed by atoms with Crippen LogP contribution < -0.4 is 0 Å². The first kappa shape index (κ1) is 14.9. The van der Waals surface area contributed by atoms with Crippen LogP contribution in [0.2, 0.25) is 5.02 Å². The van der Waals surface area contributed by atoms with E-state index in [0.717, 1.165) is 9.77 Å². The van der Waals surface area contributed by atoms with E-state index < -0.39 is 5.97 Å². The van der Waals surface area contributed by atoms with Gasteiger partial charge in [-0.1, -0.05) is 23.7 Å². The average molecular weight is 324 g/mol. The molecule has 0 saturated heterocycles. The summed E-state index contributed by atoms with van der Waals surface area (Å²) >= 11 is 8.70. The van der Waals surface area contributed by atoms with E-state index in [-0.39, 0.29) is 0 Å². The van der Waals surface area contributed by atoms with E-state index in [4.69, 9.17) is 16.3 Å². The van der Waals surface area contributed by atoms with E-state index in [2.05, 4.69) is 6.07 Å². The number of nitriles is 1. The SMILES string of the molecule is COC(=O)c1sc(SC)c(C#N)c1-c1cccc(Cl)c1. The third kappa shape index (κ3) is 2.68. The monoisotopic (exact) mass is 323 g/mol. The fourth-order valence-corrected chi connectivity index (χ4v) is 3.86. The highest BCUT2D eigenvalue weighted by Gasteiger charge is 2.24. The molecule has 0 bridgehead atoms. The van der Waals surface area contributed by atoms with Gasteiger partial charge in [-0.3, -0.25) is 0 Å². The van der Waals surface area contributed by atoms with Gasteiger partial charge in [0.05, 0.1) is 16.9 Å². The molecule has 0 aliphatic carbocycles. The van der Waals surface area contributed by atoms with Crippen molar-refractivity contribution in [3.63, 3.8) is 0 Å². The summed E-state index contributed by atoms with van der Waals surface area (Å²) in [6.07, 6.45) is 1.87. The largest absolute Gasteiger partial charge is 0.465 e. The van der Waals surface area contributed by atoms with Crippen molar-refractivity contribution in [3.8, 4) is 17.2 Å². The van der Waals surface area contributed by atoms with Crippen molar-refractivity contribution >= 4 is 40.7 Å². The van der Waals surface area contributed by atoms with E-state index in [1.807, 2.05) is 12.3 Å². The first-order valence-electron chi connectivity index (χ1n) is 5.57. The molecule has 0 radical (unpaired) electrons. The van der Waals surface area contributed by atoms with Crippen LogP contribution in [0.3, 0.4) is 0 Å². The van der Waals surface area contributed by atoms with E-state index in [1.165, 1.54) is 30.2 Å². The molecule has 0 unspecified atom stereocenters. The topological polar surface area (TPSA) is 50.1 Å². The third-order valence-corrected chi connectivity index (χ3v) is 5.18. The second kappa shape index (κ2) is 6.31. The van der Waals surface area contributed by atoms with Crippen LogP contribution >= 0.6 is 34.7 Å². The zero-order chi connectivity index (χ0) is 14.7. The average Bonchev–Trinajstić information content (AvgIpc) is 2.84. The highest BCUT2D eigenvalue weighted by molar-refractivity contribution is 8.00. The Labute approximate surface area is 130 Å². The van der Waals surface area contributed by atoms with Crippen molar-refractivity contribution in [2.24, 2.45) is 0 Å². The zero-order valence-electron chi connectivity index (χ0n) is 10.8. The lowest BCUT2D eigenvalue weighted by Gasteiger charge is -2.04. The van der Waals surface area contributed by atoms with Gasteiger partial charge in [0.1, 0.15) is 10.9 Å². The molecule has 2 aromatic rings. The normalized spacial score (nSPS) is 10.1. The van der Waals surface area contributed by atoms with Crippen LogP contribution in [0.25, 0.3) is 11.1 Å². The van der Waals surface area contributed by atoms with E-state index in [9.17, 15) is 10.1 Å². The number of thioether (sulfide) groups is 1. The Morgan fingerprint density at radius 3 is 2.80 bits per heavy atom. The zero-order valence-corrected chi connectivity index (χ0v) is 13.2. The lowest BCUT2D eigenvalue weighted by Crippen LogP contribution is -2.00. The summed E-state index contributed by atoms with van der Waals surface area (Å²) < 4.78 is 5.60. The van der Waals surface area contributed by atoms with Gasteiger partial charge >= 0.3 is 5.97 Å². The lowest BCUT2D eigenvalue weighted by atomic mass is 10.0. The molecule has 0 amide bonds. The maximum Gasteiger partial charge on any atom is 0.348 e. The van der Waals surface area contributed by atoms with E-state index in [0.29, 0.717) is 21.0 Å². The number of carbonyl (C=O) groups excluding carboxylic acids is 1. The third-order valence-electron chi connectivity index (χ3n) is 2.66. The number of benzene rings is 1. The van der Waals surface area contributed by atoms with Crippen molar-refractivity contribution in [2.45, 2.75) is 4.21 Å². The van der Waals surface area contributed by atoms with Crippen molar-refractivity contribution in [1.82, 2.24) is 0 Å². The number of hydrogen-bond acceptors (Lipinski definition) is 5. The molecule has 6 heteroatoms. The van der Waals surface area contributed by atoms with Crippen molar-refractivity contribution in [3.05, 3.63) is 39.7 Å². The van der Waals surface area contributed by atoms with E-state index in [1.54, 1.807) is 18.2 Å². The summed E-state index contributed by atoms with van der Waals surface area (Å²) in [5.74, 6) is -0.443. The predicted octanol–water partition coefficient (Wildman–Crippen LogP) is 4.45. The Morgan fingerprint density at radius 1 is 1.50 bits per heavy atom. The highest BCUT2D eigenvalue weighted by atomic mass is 35.5.